The molecule has 0 aromatic heterocycles. The number of halogens is 2. The van der Waals surface area contributed by atoms with Gasteiger partial charge in [0.05, 0.1) is 6.61 Å². The average Bonchev–Trinajstić information content (AvgIpc) is 2.38. The Morgan fingerprint density at radius 3 is 2.63 bits per heavy atom. The lowest BCUT2D eigenvalue weighted by molar-refractivity contribution is 0.282. The van der Waals surface area contributed by atoms with Crippen molar-refractivity contribution in [1.29, 1.82) is 0 Å². The van der Waals surface area contributed by atoms with Crippen LogP contribution in [-0.4, -0.2) is 12.2 Å². The fourth-order valence-corrected chi connectivity index (χ4v) is 2.29. The van der Waals surface area contributed by atoms with E-state index in [-0.39, 0.29) is 12.4 Å². The molecule has 100 valence electrons. The van der Waals surface area contributed by atoms with Gasteiger partial charge in [0, 0.05) is 29.9 Å². The lowest BCUT2D eigenvalue weighted by Crippen LogP contribution is -2.18. The molecule has 0 bridgehead atoms. The molecule has 1 N–H and O–H groups in total. The highest BCUT2D eigenvalue weighted by Gasteiger charge is 2.10. The van der Waals surface area contributed by atoms with E-state index in [2.05, 4.69) is 0 Å². The molecule has 0 atom stereocenters. The summed E-state index contributed by atoms with van der Waals surface area (Å²) >= 11 is 6.06. The van der Waals surface area contributed by atoms with E-state index in [4.69, 9.17) is 11.6 Å². The zero-order valence-corrected chi connectivity index (χ0v) is 11.4. The molecule has 2 aromatic rings. The molecule has 0 saturated carbocycles. The van der Waals surface area contributed by atoms with Gasteiger partial charge in [-0.3, -0.25) is 0 Å². The van der Waals surface area contributed by atoms with E-state index >= 15 is 0 Å². The molecular weight excluding hydrogens is 265 g/mol. The van der Waals surface area contributed by atoms with Crippen LogP contribution in [0, 0.1) is 5.82 Å². The van der Waals surface area contributed by atoms with Crippen LogP contribution < -0.4 is 4.90 Å². The highest BCUT2D eigenvalue weighted by atomic mass is 35.5. The molecule has 0 aliphatic heterocycles. The Hall–Kier alpha value is -1.58. The summed E-state index contributed by atoms with van der Waals surface area (Å²) in [5.41, 5.74) is 2.40. The molecule has 0 aliphatic carbocycles. The van der Waals surface area contributed by atoms with E-state index in [0.717, 1.165) is 11.3 Å². The highest BCUT2D eigenvalue weighted by molar-refractivity contribution is 6.31. The summed E-state index contributed by atoms with van der Waals surface area (Å²) in [6.45, 7) is 0.424. The fraction of sp³-hybridized carbons (Fsp3) is 0.200. The van der Waals surface area contributed by atoms with Crippen LogP contribution in [0.5, 0.6) is 0 Å². The van der Waals surface area contributed by atoms with Crippen LogP contribution in [0.3, 0.4) is 0 Å². The number of hydrogen-bond acceptors (Lipinski definition) is 2. The number of aliphatic hydroxyl groups is 1. The summed E-state index contributed by atoms with van der Waals surface area (Å²) in [6, 6.07) is 11.9. The minimum absolute atomic E-state index is 0.123. The van der Waals surface area contributed by atoms with Crippen LogP contribution in [0.1, 0.15) is 11.1 Å². The first-order valence-corrected chi connectivity index (χ1v) is 6.33. The maximum absolute atomic E-state index is 13.1. The van der Waals surface area contributed by atoms with Gasteiger partial charge in [-0.25, -0.2) is 4.39 Å². The number of nitrogens with zero attached hydrogens (tertiary/aromatic N) is 1. The van der Waals surface area contributed by atoms with Crippen molar-refractivity contribution in [2.24, 2.45) is 0 Å². The Morgan fingerprint density at radius 2 is 1.95 bits per heavy atom. The third-order valence-corrected chi connectivity index (χ3v) is 3.33. The number of benzene rings is 2. The Bertz CT molecular complexity index is 574. The first kappa shape index (κ1) is 13.8. The molecule has 0 fully saturated rings. The van der Waals surface area contributed by atoms with Crippen LogP contribution >= 0.6 is 11.6 Å². The summed E-state index contributed by atoms with van der Waals surface area (Å²) in [4.78, 5) is 1.94. The van der Waals surface area contributed by atoms with Crippen molar-refractivity contribution in [3.63, 3.8) is 0 Å². The van der Waals surface area contributed by atoms with Gasteiger partial charge < -0.3 is 10.0 Å². The van der Waals surface area contributed by atoms with Crippen molar-refractivity contribution in [3.8, 4) is 0 Å². The molecule has 19 heavy (non-hydrogen) atoms. The third-order valence-electron chi connectivity index (χ3n) is 2.97. The molecule has 2 rings (SSSR count). The molecular formula is C15H15ClFNO. The fourth-order valence-electron chi connectivity index (χ4n) is 2.06. The minimum Gasteiger partial charge on any atom is -0.392 e. The lowest BCUT2D eigenvalue weighted by atomic mass is 10.1. The number of aliphatic hydroxyl groups excluding tert-OH is 1. The van der Waals surface area contributed by atoms with Crippen molar-refractivity contribution < 1.29 is 9.50 Å². The monoisotopic (exact) mass is 279 g/mol. The molecule has 0 aliphatic rings. The first-order chi connectivity index (χ1) is 9.11. The van der Waals surface area contributed by atoms with Gasteiger partial charge in [0.1, 0.15) is 5.82 Å². The number of hydrogen-bond donors (Lipinski definition) is 1. The van der Waals surface area contributed by atoms with Gasteiger partial charge >= 0.3 is 0 Å². The molecule has 2 aromatic carbocycles. The Labute approximate surface area is 117 Å². The van der Waals surface area contributed by atoms with Gasteiger partial charge in [0.15, 0.2) is 0 Å². The Balaban J connectivity index is 2.25. The lowest BCUT2D eigenvalue weighted by Gasteiger charge is -2.22. The van der Waals surface area contributed by atoms with Crippen molar-refractivity contribution in [2.45, 2.75) is 13.2 Å². The number of rotatable bonds is 4. The maximum Gasteiger partial charge on any atom is 0.123 e. The topological polar surface area (TPSA) is 23.5 Å². The van der Waals surface area contributed by atoms with E-state index in [9.17, 15) is 9.50 Å². The smallest absolute Gasteiger partial charge is 0.123 e. The Kier molecular flexibility index (Phi) is 4.40. The second-order valence-electron chi connectivity index (χ2n) is 4.38. The second-order valence-corrected chi connectivity index (χ2v) is 4.79. The van der Waals surface area contributed by atoms with Gasteiger partial charge in [-0.15, -0.1) is 0 Å². The summed E-state index contributed by atoms with van der Waals surface area (Å²) in [6.07, 6.45) is 0. The van der Waals surface area contributed by atoms with Crippen LogP contribution in [0.25, 0.3) is 0 Å². The zero-order chi connectivity index (χ0) is 13.8. The molecule has 0 unspecified atom stereocenters. The van der Waals surface area contributed by atoms with Crippen molar-refractivity contribution in [3.05, 3.63) is 64.4 Å². The van der Waals surface area contributed by atoms with Crippen LogP contribution in [-0.2, 0) is 13.2 Å². The van der Waals surface area contributed by atoms with Gasteiger partial charge in [0.25, 0.3) is 0 Å². The Morgan fingerprint density at radius 1 is 1.21 bits per heavy atom. The van der Waals surface area contributed by atoms with Gasteiger partial charge in [0.2, 0.25) is 0 Å². The van der Waals surface area contributed by atoms with E-state index in [1.165, 1.54) is 12.1 Å². The normalized spacial score (nSPS) is 10.5. The summed E-state index contributed by atoms with van der Waals surface area (Å²) in [7, 11) is 1.88. The minimum atomic E-state index is -0.251. The molecule has 0 heterocycles. The number of anilines is 1. The van der Waals surface area contributed by atoms with E-state index in [1.54, 1.807) is 12.1 Å². The highest BCUT2D eigenvalue weighted by Crippen LogP contribution is 2.27. The zero-order valence-electron chi connectivity index (χ0n) is 10.6. The molecule has 2 nitrogen and oxygen atoms in total. The quantitative estimate of drug-likeness (QED) is 0.924. The van der Waals surface area contributed by atoms with E-state index in [0.29, 0.717) is 17.1 Å². The van der Waals surface area contributed by atoms with E-state index < -0.39 is 0 Å². The summed E-state index contributed by atoms with van der Waals surface area (Å²) in [5.74, 6) is -0.251. The predicted octanol–water partition coefficient (Wildman–Crippen LogP) is 3.61. The maximum atomic E-state index is 13.1. The predicted molar refractivity (Wildman–Crippen MR) is 75.9 cm³/mol. The molecule has 4 heteroatoms. The van der Waals surface area contributed by atoms with Crippen LogP contribution in [0.2, 0.25) is 5.02 Å². The van der Waals surface area contributed by atoms with Gasteiger partial charge in [-0.05, 0) is 29.8 Å². The second kappa shape index (κ2) is 6.04. The van der Waals surface area contributed by atoms with Gasteiger partial charge in [-0.2, -0.15) is 0 Å². The first-order valence-electron chi connectivity index (χ1n) is 5.95. The summed E-state index contributed by atoms with van der Waals surface area (Å²) < 4.78 is 13.1. The molecule has 0 saturated heterocycles. The molecule has 0 amide bonds. The average molecular weight is 280 g/mol. The third kappa shape index (κ3) is 3.25. The van der Waals surface area contributed by atoms with E-state index in [1.807, 2.05) is 30.1 Å². The molecule has 0 radical (unpaired) electrons. The van der Waals surface area contributed by atoms with Crippen molar-refractivity contribution in [1.82, 2.24) is 0 Å². The largest absolute Gasteiger partial charge is 0.392 e. The van der Waals surface area contributed by atoms with Crippen LogP contribution in [0.15, 0.2) is 42.5 Å². The van der Waals surface area contributed by atoms with Crippen molar-refractivity contribution >= 4 is 17.3 Å². The summed E-state index contributed by atoms with van der Waals surface area (Å²) in [5, 5.41) is 9.92. The van der Waals surface area contributed by atoms with Crippen LogP contribution in [0.4, 0.5) is 10.1 Å². The van der Waals surface area contributed by atoms with Crippen molar-refractivity contribution in [2.75, 3.05) is 11.9 Å². The molecule has 0 spiro atoms. The SMILES string of the molecule is CN(Cc1cccc(F)c1)c1cccc(Cl)c1CO. The van der Waals surface area contributed by atoms with Gasteiger partial charge in [-0.1, -0.05) is 29.8 Å². The standard InChI is InChI=1S/C15H15ClFNO/c1-18(9-11-4-2-5-12(17)8-11)15-7-3-6-14(16)13(15)10-19/h2-8,19H,9-10H2,1H3.